The number of rotatable bonds is 5. The molecule has 0 aromatic heterocycles. The van der Waals surface area contributed by atoms with Gasteiger partial charge in [0.25, 0.3) is 0 Å². The number of ether oxygens (including phenoxy) is 1. The van der Waals surface area contributed by atoms with Crippen LogP contribution in [0.3, 0.4) is 0 Å². The molecule has 1 rings (SSSR count). The summed E-state index contributed by atoms with van der Waals surface area (Å²) in [6.45, 7) is 4.39. The molecule has 0 aromatic rings. The van der Waals surface area contributed by atoms with E-state index in [2.05, 4.69) is 28.2 Å². The number of hydrogen-bond acceptors (Lipinski definition) is 2. The van der Waals surface area contributed by atoms with Gasteiger partial charge >= 0.3 is 0 Å². The number of hydrogen-bond donors (Lipinski definition) is 1. The molecule has 1 fully saturated rings. The number of carbonyl (C=O) groups is 1. The van der Waals surface area contributed by atoms with Crippen LogP contribution < -0.4 is 5.32 Å². The minimum Gasteiger partial charge on any atom is -0.381 e. The molecule has 1 aliphatic rings. The highest BCUT2D eigenvalue weighted by molar-refractivity contribution is 9.09. The molecule has 15 heavy (non-hydrogen) atoms. The number of amides is 1. The van der Waals surface area contributed by atoms with Gasteiger partial charge in [-0.15, -0.1) is 0 Å². The third-order valence-corrected chi connectivity index (χ3v) is 3.13. The minimum atomic E-state index is 0.181. The molecular weight excluding hydrogens is 258 g/mol. The van der Waals surface area contributed by atoms with Gasteiger partial charge in [-0.2, -0.15) is 0 Å². The highest BCUT2D eigenvalue weighted by Gasteiger charge is 2.20. The largest absolute Gasteiger partial charge is 0.381 e. The van der Waals surface area contributed by atoms with Gasteiger partial charge in [-0.05, 0) is 25.7 Å². The van der Waals surface area contributed by atoms with Crippen molar-refractivity contribution < 1.29 is 9.53 Å². The van der Waals surface area contributed by atoms with Gasteiger partial charge in [0.1, 0.15) is 0 Å². The monoisotopic (exact) mass is 277 g/mol. The fourth-order valence-electron chi connectivity index (χ4n) is 1.70. The second kappa shape index (κ2) is 7.23. The molecule has 3 nitrogen and oxygen atoms in total. The number of halogens is 1. The van der Waals surface area contributed by atoms with Crippen LogP contribution in [0.15, 0.2) is 0 Å². The van der Waals surface area contributed by atoms with E-state index in [9.17, 15) is 4.79 Å². The van der Waals surface area contributed by atoms with Crippen LogP contribution in [0.25, 0.3) is 0 Å². The normalized spacial score (nSPS) is 19.9. The van der Waals surface area contributed by atoms with Gasteiger partial charge in [-0.1, -0.05) is 22.9 Å². The summed E-state index contributed by atoms with van der Waals surface area (Å²) in [5.74, 6) is 0.390. The molecule has 0 aliphatic carbocycles. The topological polar surface area (TPSA) is 38.3 Å². The standard InChI is InChI=1S/C11H20BrNO2/c1-9(12)3-2-6-13-11(14)10-4-7-15-8-5-10/h9-10H,2-8H2,1H3,(H,13,14). The summed E-state index contributed by atoms with van der Waals surface area (Å²) in [5.41, 5.74) is 0. The van der Waals surface area contributed by atoms with Crippen molar-refractivity contribution in [2.75, 3.05) is 19.8 Å². The predicted octanol–water partition coefficient (Wildman–Crippen LogP) is 2.09. The van der Waals surface area contributed by atoms with E-state index in [0.717, 1.165) is 45.4 Å². The van der Waals surface area contributed by atoms with E-state index in [1.165, 1.54) is 0 Å². The molecular formula is C11H20BrNO2. The SMILES string of the molecule is CC(Br)CCCNC(=O)C1CCOCC1. The van der Waals surface area contributed by atoms with Crippen LogP contribution in [0.1, 0.15) is 32.6 Å². The van der Waals surface area contributed by atoms with Crippen LogP contribution in [0.5, 0.6) is 0 Å². The second-order valence-corrected chi connectivity index (χ2v) is 5.66. The van der Waals surface area contributed by atoms with Gasteiger partial charge in [0.15, 0.2) is 0 Å². The van der Waals surface area contributed by atoms with Gasteiger partial charge in [0.2, 0.25) is 5.91 Å². The summed E-state index contributed by atoms with van der Waals surface area (Å²) >= 11 is 3.49. The van der Waals surface area contributed by atoms with E-state index in [1.54, 1.807) is 0 Å². The quantitative estimate of drug-likeness (QED) is 0.617. The zero-order valence-corrected chi connectivity index (χ0v) is 10.9. The Balaban J connectivity index is 2.07. The third kappa shape index (κ3) is 5.52. The predicted molar refractivity (Wildman–Crippen MR) is 64.2 cm³/mol. The van der Waals surface area contributed by atoms with E-state index in [1.807, 2.05) is 0 Å². The first kappa shape index (κ1) is 13.0. The Hall–Kier alpha value is -0.0900. The van der Waals surface area contributed by atoms with Crippen LogP contribution >= 0.6 is 15.9 Å². The zero-order chi connectivity index (χ0) is 11.1. The molecule has 1 amide bonds. The van der Waals surface area contributed by atoms with Crippen molar-refractivity contribution in [1.29, 1.82) is 0 Å². The Bertz CT molecular complexity index is 191. The summed E-state index contributed by atoms with van der Waals surface area (Å²) in [6.07, 6.45) is 3.90. The van der Waals surface area contributed by atoms with Crippen LogP contribution in [0, 0.1) is 5.92 Å². The Morgan fingerprint density at radius 1 is 1.53 bits per heavy atom. The minimum absolute atomic E-state index is 0.181. The number of carbonyl (C=O) groups excluding carboxylic acids is 1. The lowest BCUT2D eigenvalue weighted by Crippen LogP contribution is -2.34. The van der Waals surface area contributed by atoms with Crippen molar-refractivity contribution in [1.82, 2.24) is 5.32 Å². The summed E-state index contributed by atoms with van der Waals surface area (Å²) in [6, 6.07) is 0. The van der Waals surface area contributed by atoms with Crippen LogP contribution in [-0.2, 0) is 9.53 Å². The molecule has 0 bridgehead atoms. The molecule has 0 spiro atoms. The van der Waals surface area contributed by atoms with Crippen LogP contribution in [0.4, 0.5) is 0 Å². The van der Waals surface area contributed by atoms with Crippen LogP contribution in [-0.4, -0.2) is 30.5 Å². The average Bonchev–Trinajstić information content (AvgIpc) is 2.25. The summed E-state index contributed by atoms with van der Waals surface area (Å²) in [7, 11) is 0. The molecule has 1 unspecified atom stereocenters. The maximum Gasteiger partial charge on any atom is 0.223 e. The van der Waals surface area contributed by atoms with E-state index in [0.29, 0.717) is 4.83 Å². The van der Waals surface area contributed by atoms with Crippen molar-refractivity contribution in [3.8, 4) is 0 Å². The Kier molecular flexibility index (Phi) is 6.25. The second-order valence-electron chi connectivity index (χ2n) is 4.10. The maximum absolute atomic E-state index is 11.7. The third-order valence-electron chi connectivity index (χ3n) is 2.67. The van der Waals surface area contributed by atoms with E-state index < -0.39 is 0 Å². The first-order chi connectivity index (χ1) is 7.20. The Morgan fingerprint density at radius 3 is 2.80 bits per heavy atom. The van der Waals surface area contributed by atoms with Gasteiger partial charge in [0.05, 0.1) is 0 Å². The molecule has 1 heterocycles. The molecule has 1 aliphatic heterocycles. The maximum atomic E-state index is 11.7. The fourth-order valence-corrected chi connectivity index (χ4v) is 2.02. The highest BCUT2D eigenvalue weighted by atomic mass is 79.9. The Labute approximate surface area is 100 Å². The molecule has 88 valence electrons. The van der Waals surface area contributed by atoms with Gasteiger partial charge in [-0.3, -0.25) is 4.79 Å². The highest BCUT2D eigenvalue weighted by Crippen LogP contribution is 2.14. The lowest BCUT2D eigenvalue weighted by atomic mass is 9.99. The zero-order valence-electron chi connectivity index (χ0n) is 9.30. The van der Waals surface area contributed by atoms with Crippen molar-refractivity contribution in [2.24, 2.45) is 5.92 Å². The fraction of sp³-hybridized carbons (Fsp3) is 0.909. The van der Waals surface area contributed by atoms with Crippen LogP contribution in [0.2, 0.25) is 0 Å². The molecule has 1 N–H and O–H groups in total. The Morgan fingerprint density at radius 2 is 2.20 bits per heavy atom. The van der Waals surface area contributed by atoms with Crippen molar-refractivity contribution >= 4 is 21.8 Å². The van der Waals surface area contributed by atoms with Crippen molar-refractivity contribution in [2.45, 2.75) is 37.4 Å². The summed E-state index contributed by atoms with van der Waals surface area (Å²) in [4.78, 5) is 12.2. The van der Waals surface area contributed by atoms with Gasteiger partial charge in [0, 0.05) is 30.5 Å². The van der Waals surface area contributed by atoms with E-state index >= 15 is 0 Å². The first-order valence-corrected chi connectivity index (χ1v) is 6.61. The molecule has 0 saturated carbocycles. The smallest absolute Gasteiger partial charge is 0.223 e. The number of nitrogens with one attached hydrogen (secondary N) is 1. The molecule has 1 atom stereocenters. The average molecular weight is 278 g/mol. The first-order valence-electron chi connectivity index (χ1n) is 5.69. The van der Waals surface area contributed by atoms with Gasteiger partial charge < -0.3 is 10.1 Å². The van der Waals surface area contributed by atoms with Gasteiger partial charge in [-0.25, -0.2) is 0 Å². The van der Waals surface area contributed by atoms with Crippen molar-refractivity contribution in [3.63, 3.8) is 0 Å². The molecule has 1 saturated heterocycles. The number of alkyl halides is 1. The molecule has 0 radical (unpaired) electrons. The van der Waals surface area contributed by atoms with E-state index in [4.69, 9.17) is 4.74 Å². The van der Waals surface area contributed by atoms with E-state index in [-0.39, 0.29) is 11.8 Å². The summed E-state index contributed by atoms with van der Waals surface area (Å²) < 4.78 is 5.22. The summed E-state index contributed by atoms with van der Waals surface area (Å²) in [5, 5.41) is 2.99. The molecule has 0 aromatic carbocycles. The molecule has 4 heteroatoms. The lowest BCUT2D eigenvalue weighted by molar-refractivity contribution is -0.127. The van der Waals surface area contributed by atoms with Crippen molar-refractivity contribution in [3.05, 3.63) is 0 Å². The lowest BCUT2D eigenvalue weighted by Gasteiger charge is -2.21.